The summed E-state index contributed by atoms with van der Waals surface area (Å²) in [4.78, 5) is 30.9. The zero-order chi connectivity index (χ0) is 26.0. The molecule has 1 fully saturated rings. The fraction of sp³-hybridized carbons (Fsp3) is 0.385. The van der Waals surface area contributed by atoms with E-state index in [2.05, 4.69) is 5.10 Å². The van der Waals surface area contributed by atoms with Gasteiger partial charge in [0.15, 0.2) is 23.0 Å². The Morgan fingerprint density at radius 1 is 0.833 bits per heavy atom. The van der Waals surface area contributed by atoms with Gasteiger partial charge in [0.05, 0.1) is 27.0 Å². The van der Waals surface area contributed by atoms with Gasteiger partial charge in [0, 0.05) is 38.7 Å². The summed E-state index contributed by atoms with van der Waals surface area (Å²) >= 11 is 0. The average Bonchev–Trinajstić information content (AvgIpc) is 3.34. The van der Waals surface area contributed by atoms with E-state index in [-0.39, 0.29) is 17.4 Å². The second kappa shape index (κ2) is 10.3. The molecule has 0 unspecified atom stereocenters. The number of amides is 1. The highest BCUT2D eigenvalue weighted by Gasteiger charge is 2.29. The van der Waals surface area contributed by atoms with Crippen LogP contribution >= 0.6 is 0 Å². The van der Waals surface area contributed by atoms with Gasteiger partial charge >= 0.3 is 0 Å². The SMILES string of the molecule is COc1cc(C(=O)c2nn(-c3ccc(C)c(C)c3)nc2N2CCN(C(C)=O)CC2)cc(OC)c1OC. The molecule has 190 valence electrons. The third-order valence-corrected chi connectivity index (χ3v) is 6.48. The molecule has 3 aromatic rings. The van der Waals surface area contributed by atoms with Crippen molar-refractivity contribution in [3.05, 3.63) is 52.7 Å². The summed E-state index contributed by atoms with van der Waals surface area (Å²) in [5.41, 5.74) is 3.55. The molecule has 1 aliphatic rings. The molecule has 2 aromatic carbocycles. The Balaban J connectivity index is 1.79. The van der Waals surface area contributed by atoms with Crippen LogP contribution in [0.2, 0.25) is 0 Å². The quantitative estimate of drug-likeness (QED) is 0.464. The van der Waals surface area contributed by atoms with E-state index in [0.717, 1.165) is 16.8 Å². The largest absolute Gasteiger partial charge is 0.493 e. The van der Waals surface area contributed by atoms with Crippen molar-refractivity contribution in [3.63, 3.8) is 0 Å². The standard InChI is InChI=1S/C26H31N5O5/c1-16-7-8-20(13-17(16)2)31-27-23(26(28-31)30-11-9-29(10-12-30)18(3)32)24(33)19-14-21(34-4)25(36-6)22(15-19)35-5/h7-8,13-15H,9-12H2,1-6H3. The van der Waals surface area contributed by atoms with E-state index in [9.17, 15) is 9.59 Å². The first-order chi connectivity index (χ1) is 17.3. The number of hydrogen-bond acceptors (Lipinski definition) is 8. The van der Waals surface area contributed by atoms with E-state index in [4.69, 9.17) is 19.3 Å². The molecule has 1 aliphatic heterocycles. The number of hydrogen-bond donors (Lipinski definition) is 0. The first kappa shape index (κ1) is 25.0. The lowest BCUT2D eigenvalue weighted by molar-refractivity contribution is -0.129. The summed E-state index contributed by atoms with van der Waals surface area (Å²) in [6.45, 7) is 7.79. The number of carbonyl (C=O) groups excluding carboxylic acids is 2. The van der Waals surface area contributed by atoms with Crippen LogP contribution < -0.4 is 19.1 Å². The third kappa shape index (κ3) is 4.71. The van der Waals surface area contributed by atoms with Crippen LogP contribution in [-0.4, -0.2) is 79.1 Å². The van der Waals surface area contributed by atoms with Crippen LogP contribution in [0.5, 0.6) is 17.2 Å². The van der Waals surface area contributed by atoms with Gasteiger partial charge in [0.25, 0.3) is 0 Å². The number of benzene rings is 2. The summed E-state index contributed by atoms with van der Waals surface area (Å²) in [6.07, 6.45) is 0. The highest BCUT2D eigenvalue weighted by atomic mass is 16.5. The number of piperazine rings is 1. The molecule has 2 heterocycles. The molecule has 0 saturated carbocycles. The predicted molar refractivity (Wildman–Crippen MR) is 135 cm³/mol. The molecule has 1 aromatic heterocycles. The Labute approximate surface area is 210 Å². The summed E-state index contributed by atoms with van der Waals surface area (Å²) in [7, 11) is 4.51. The summed E-state index contributed by atoms with van der Waals surface area (Å²) in [6, 6.07) is 9.13. The molecular weight excluding hydrogens is 462 g/mol. The van der Waals surface area contributed by atoms with Crippen molar-refractivity contribution in [2.45, 2.75) is 20.8 Å². The predicted octanol–water partition coefficient (Wildman–Crippen LogP) is 2.81. The fourth-order valence-electron chi connectivity index (χ4n) is 4.21. The van der Waals surface area contributed by atoms with E-state index in [1.165, 1.54) is 26.1 Å². The van der Waals surface area contributed by atoms with Gasteiger partial charge in [0.1, 0.15) is 0 Å². The summed E-state index contributed by atoms with van der Waals surface area (Å²) in [5.74, 6) is 1.32. The molecule has 0 radical (unpaired) electrons. The Morgan fingerprint density at radius 2 is 1.47 bits per heavy atom. The monoisotopic (exact) mass is 493 g/mol. The second-order valence-corrected chi connectivity index (χ2v) is 8.67. The maximum atomic E-state index is 13.8. The van der Waals surface area contributed by atoms with E-state index in [1.807, 2.05) is 36.9 Å². The molecule has 10 nitrogen and oxygen atoms in total. The highest BCUT2D eigenvalue weighted by molar-refractivity contribution is 6.11. The minimum absolute atomic E-state index is 0.0298. The lowest BCUT2D eigenvalue weighted by Crippen LogP contribution is -2.48. The van der Waals surface area contributed by atoms with E-state index in [0.29, 0.717) is 54.8 Å². The zero-order valence-electron chi connectivity index (χ0n) is 21.5. The second-order valence-electron chi connectivity index (χ2n) is 8.67. The van der Waals surface area contributed by atoms with Gasteiger partial charge in [-0.1, -0.05) is 6.07 Å². The van der Waals surface area contributed by atoms with E-state index >= 15 is 0 Å². The molecular formula is C26H31N5O5. The number of ketones is 1. The Bertz CT molecular complexity index is 1270. The van der Waals surface area contributed by atoms with Gasteiger partial charge < -0.3 is 24.0 Å². The van der Waals surface area contributed by atoms with Crippen molar-refractivity contribution in [2.75, 3.05) is 52.4 Å². The molecule has 4 rings (SSSR count). The number of aryl methyl sites for hydroxylation is 2. The third-order valence-electron chi connectivity index (χ3n) is 6.48. The average molecular weight is 494 g/mol. The minimum atomic E-state index is -0.326. The van der Waals surface area contributed by atoms with Crippen molar-refractivity contribution in [1.82, 2.24) is 19.9 Å². The minimum Gasteiger partial charge on any atom is -0.493 e. The molecule has 1 amide bonds. The Hall–Kier alpha value is -4.08. The molecule has 1 saturated heterocycles. The normalized spacial score (nSPS) is 13.5. The van der Waals surface area contributed by atoms with Gasteiger partial charge in [0.2, 0.25) is 17.4 Å². The maximum absolute atomic E-state index is 13.8. The van der Waals surface area contributed by atoms with Crippen LogP contribution in [0.15, 0.2) is 30.3 Å². The number of nitrogens with zero attached hydrogens (tertiary/aromatic N) is 5. The van der Waals surface area contributed by atoms with Crippen molar-refractivity contribution in [3.8, 4) is 22.9 Å². The summed E-state index contributed by atoms with van der Waals surface area (Å²) < 4.78 is 16.3. The zero-order valence-corrected chi connectivity index (χ0v) is 21.5. The molecule has 0 atom stereocenters. The van der Waals surface area contributed by atoms with Crippen LogP contribution in [-0.2, 0) is 4.79 Å². The summed E-state index contributed by atoms with van der Waals surface area (Å²) in [5, 5.41) is 9.36. The van der Waals surface area contributed by atoms with Crippen molar-refractivity contribution in [2.24, 2.45) is 0 Å². The highest BCUT2D eigenvalue weighted by Crippen LogP contribution is 2.39. The number of aromatic nitrogens is 3. The van der Waals surface area contributed by atoms with Crippen LogP contribution in [0.25, 0.3) is 5.69 Å². The number of ether oxygens (including phenoxy) is 3. The lowest BCUT2D eigenvalue weighted by atomic mass is 10.1. The van der Waals surface area contributed by atoms with Gasteiger partial charge in [-0.05, 0) is 49.2 Å². The molecule has 10 heteroatoms. The van der Waals surface area contributed by atoms with Crippen molar-refractivity contribution in [1.29, 1.82) is 0 Å². The smallest absolute Gasteiger partial charge is 0.219 e. The molecule has 36 heavy (non-hydrogen) atoms. The van der Waals surface area contributed by atoms with Crippen molar-refractivity contribution < 1.29 is 23.8 Å². The van der Waals surface area contributed by atoms with Crippen LogP contribution in [0.1, 0.15) is 34.1 Å². The topological polar surface area (TPSA) is 99.0 Å². The molecule has 0 aliphatic carbocycles. The molecule has 0 bridgehead atoms. The van der Waals surface area contributed by atoms with E-state index < -0.39 is 0 Å². The maximum Gasteiger partial charge on any atom is 0.219 e. The first-order valence-electron chi connectivity index (χ1n) is 11.7. The van der Waals surface area contributed by atoms with Gasteiger partial charge in [-0.15, -0.1) is 15.0 Å². The van der Waals surface area contributed by atoms with Crippen LogP contribution in [0.4, 0.5) is 5.82 Å². The Morgan fingerprint density at radius 3 is 2.00 bits per heavy atom. The number of methoxy groups -OCH3 is 3. The fourth-order valence-corrected chi connectivity index (χ4v) is 4.21. The first-order valence-corrected chi connectivity index (χ1v) is 11.7. The van der Waals surface area contributed by atoms with Gasteiger partial charge in [-0.25, -0.2) is 0 Å². The molecule has 0 N–H and O–H groups in total. The van der Waals surface area contributed by atoms with E-state index in [1.54, 1.807) is 24.0 Å². The van der Waals surface area contributed by atoms with Crippen LogP contribution in [0, 0.1) is 13.8 Å². The molecule has 0 spiro atoms. The van der Waals surface area contributed by atoms with Gasteiger partial charge in [-0.2, -0.15) is 0 Å². The number of rotatable bonds is 7. The lowest BCUT2D eigenvalue weighted by Gasteiger charge is -2.34. The van der Waals surface area contributed by atoms with Gasteiger partial charge in [-0.3, -0.25) is 9.59 Å². The Kier molecular flexibility index (Phi) is 7.14. The number of carbonyl (C=O) groups is 2. The number of anilines is 1. The van der Waals surface area contributed by atoms with Crippen LogP contribution in [0.3, 0.4) is 0 Å². The van der Waals surface area contributed by atoms with Crippen molar-refractivity contribution >= 4 is 17.5 Å².